The van der Waals surface area contributed by atoms with Gasteiger partial charge in [0.1, 0.15) is 6.04 Å². The zero-order chi connectivity index (χ0) is 15.1. The Kier molecular flexibility index (Phi) is 6.48. The molecular weight excluding hydrogens is 304 g/mol. The molecule has 2 rings (SSSR count). The zero-order valence-corrected chi connectivity index (χ0v) is 13.9. The van der Waals surface area contributed by atoms with Crippen LogP contribution in [0.1, 0.15) is 20.3 Å². The lowest BCUT2D eigenvalue weighted by atomic mass is 10.2. The molecule has 1 unspecified atom stereocenters. The van der Waals surface area contributed by atoms with E-state index < -0.39 is 0 Å². The molecule has 0 aliphatic heterocycles. The molecule has 6 heteroatoms. The fourth-order valence-electron chi connectivity index (χ4n) is 1.97. The van der Waals surface area contributed by atoms with Crippen molar-refractivity contribution in [3.8, 4) is 0 Å². The maximum Gasteiger partial charge on any atom is 0.323 e. The van der Waals surface area contributed by atoms with Crippen molar-refractivity contribution < 1.29 is 9.53 Å². The largest absolute Gasteiger partial charge is 0.465 e. The van der Waals surface area contributed by atoms with Gasteiger partial charge in [0.25, 0.3) is 0 Å². The number of fused-ring (bicyclic) bond motifs is 1. The lowest BCUT2D eigenvalue weighted by Gasteiger charge is -2.15. The van der Waals surface area contributed by atoms with Gasteiger partial charge in [-0.15, -0.1) is 11.3 Å². The highest BCUT2D eigenvalue weighted by atomic mass is 32.2. The molecule has 0 spiro atoms. The third-order valence-corrected chi connectivity index (χ3v) is 5.14. The number of nitrogens with zero attached hydrogens (tertiary/aromatic N) is 1. The van der Waals surface area contributed by atoms with Gasteiger partial charge in [0.05, 0.1) is 16.8 Å². The van der Waals surface area contributed by atoms with E-state index >= 15 is 0 Å². The molecule has 4 nitrogen and oxygen atoms in total. The van der Waals surface area contributed by atoms with Gasteiger partial charge in [0.15, 0.2) is 4.34 Å². The van der Waals surface area contributed by atoms with Gasteiger partial charge in [-0.25, -0.2) is 4.98 Å². The molecule has 1 atom stereocenters. The Balaban J connectivity index is 1.87. The van der Waals surface area contributed by atoms with Gasteiger partial charge < -0.3 is 10.1 Å². The van der Waals surface area contributed by atoms with E-state index in [-0.39, 0.29) is 12.0 Å². The number of aromatic nitrogens is 1. The normalized spacial score (nSPS) is 12.5. The van der Waals surface area contributed by atoms with E-state index in [9.17, 15) is 4.79 Å². The van der Waals surface area contributed by atoms with Crippen LogP contribution in [0, 0.1) is 0 Å². The number of carbonyl (C=O) groups is 1. The summed E-state index contributed by atoms with van der Waals surface area (Å²) >= 11 is 3.39. The van der Waals surface area contributed by atoms with Crippen LogP contribution in [-0.2, 0) is 9.53 Å². The molecule has 0 fully saturated rings. The van der Waals surface area contributed by atoms with Crippen LogP contribution in [0.3, 0.4) is 0 Å². The van der Waals surface area contributed by atoms with Crippen molar-refractivity contribution in [1.82, 2.24) is 10.3 Å². The fourth-order valence-corrected chi connectivity index (χ4v) is 4.11. The summed E-state index contributed by atoms with van der Waals surface area (Å²) in [6.07, 6.45) is 0.743. The molecule has 0 aliphatic carbocycles. The number of thioether (sulfide) groups is 1. The van der Waals surface area contributed by atoms with Crippen LogP contribution >= 0.6 is 23.1 Å². The standard InChI is InChI=1S/C15H20N2O2S2/c1-3-16-12(14(18)19-4-2)9-10-20-15-17-11-7-5-6-8-13(11)21-15/h5-8,12,16H,3-4,9-10H2,1-2H3. The minimum Gasteiger partial charge on any atom is -0.465 e. The van der Waals surface area contributed by atoms with Crippen molar-refractivity contribution in [2.24, 2.45) is 0 Å². The molecule has 1 heterocycles. The molecule has 1 aromatic heterocycles. The first-order valence-electron chi connectivity index (χ1n) is 7.13. The van der Waals surface area contributed by atoms with Crippen molar-refractivity contribution in [1.29, 1.82) is 0 Å². The Labute approximate surface area is 133 Å². The molecule has 1 aromatic carbocycles. The van der Waals surface area contributed by atoms with E-state index in [1.165, 1.54) is 4.70 Å². The highest BCUT2D eigenvalue weighted by Gasteiger charge is 2.18. The molecule has 0 saturated carbocycles. The van der Waals surface area contributed by atoms with E-state index in [0.717, 1.165) is 28.6 Å². The second-order valence-corrected chi connectivity index (χ2v) is 6.82. The number of para-hydroxylation sites is 1. The molecule has 114 valence electrons. The van der Waals surface area contributed by atoms with Crippen molar-refractivity contribution in [3.63, 3.8) is 0 Å². The third kappa shape index (κ3) is 4.69. The Morgan fingerprint density at radius 3 is 2.95 bits per heavy atom. The fraction of sp³-hybridized carbons (Fsp3) is 0.467. The van der Waals surface area contributed by atoms with E-state index in [4.69, 9.17) is 4.74 Å². The summed E-state index contributed by atoms with van der Waals surface area (Å²) in [5.41, 5.74) is 1.04. The summed E-state index contributed by atoms with van der Waals surface area (Å²) in [6.45, 7) is 5.00. The topological polar surface area (TPSA) is 51.2 Å². The maximum atomic E-state index is 11.8. The number of hydrogen-bond donors (Lipinski definition) is 1. The molecule has 0 saturated heterocycles. The molecule has 0 amide bonds. The van der Waals surface area contributed by atoms with Gasteiger partial charge in [0.2, 0.25) is 0 Å². The van der Waals surface area contributed by atoms with Crippen LogP contribution in [0.2, 0.25) is 0 Å². The molecule has 0 aliphatic rings. The number of nitrogens with one attached hydrogen (secondary N) is 1. The van der Waals surface area contributed by atoms with Gasteiger partial charge in [-0.2, -0.15) is 0 Å². The molecule has 2 aromatic rings. The quantitative estimate of drug-likeness (QED) is 0.596. The van der Waals surface area contributed by atoms with E-state index in [1.807, 2.05) is 32.0 Å². The van der Waals surface area contributed by atoms with Crippen LogP contribution < -0.4 is 5.32 Å². The van der Waals surface area contributed by atoms with Crippen molar-refractivity contribution in [3.05, 3.63) is 24.3 Å². The number of rotatable bonds is 8. The van der Waals surface area contributed by atoms with Gasteiger partial charge in [-0.3, -0.25) is 4.79 Å². The number of likely N-dealkylation sites (N-methyl/N-ethyl adjacent to an activating group) is 1. The molecule has 1 N–H and O–H groups in total. The second-order valence-electron chi connectivity index (χ2n) is 4.45. The monoisotopic (exact) mass is 324 g/mol. The molecule has 21 heavy (non-hydrogen) atoms. The number of esters is 1. The van der Waals surface area contributed by atoms with Gasteiger partial charge >= 0.3 is 5.97 Å². The van der Waals surface area contributed by atoms with Crippen LogP contribution in [0.4, 0.5) is 0 Å². The third-order valence-electron chi connectivity index (χ3n) is 2.93. The first-order valence-corrected chi connectivity index (χ1v) is 8.93. The summed E-state index contributed by atoms with van der Waals surface area (Å²) < 4.78 is 7.34. The minimum absolute atomic E-state index is 0.163. The smallest absolute Gasteiger partial charge is 0.323 e. The van der Waals surface area contributed by atoms with Gasteiger partial charge in [-0.05, 0) is 32.0 Å². The van der Waals surface area contributed by atoms with E-state index in [0.29, 0.717) is 6.61 Å². The van der Waals surface area contributed by atoms with Crippen LogP contribution in [0.15, 0.2) is 28.6 Å². The SMILES string of the molecule is CCNC(CCSc1nc2ccccc2s1)C(=O)OCC. The number of carbonyl (C=O) groups excluding carboxylic acids is 1. The first-order chi connectivity index (χ1) is 10.2. The van der Waals surface area contributed by atoms with Crippen LogP contribution in [0.5, 0.6) is 0 Å². The van der Waals surface area contributed by atoms with E-state index in [2.05, 4.69) is 16.4 Å². The Morgan fingerprint density at radius 2 is 2.24 bits per heavy atom. The predicted molar refractivity (Wildman–Crippen MR) is 89.1 cm³/mol. The summed E-state index contributed by atoms with van der Waals surface area (Å²) in [7, 11) is 0. The van der Waals surface area contributed by atoms with Crippen LogP contribution in [0.25, 0.3) is 10.2 Å². The Bertz CT molecular complexity index is 553. The highest BCUT2D eigenvalue weighted by molar-refractivity contribution is 8.01. The van der Waals surface area contributed by atoms with Gasteiger partial charge in [-0.1, -0.05) is 30.8 Å². The Hall–Kier alpha value is -1.11. The lowest BCUT2D eigenvalue weighted by molar-refractivity contribution is -0.145. The molecule has 0 radical (unpaired) electrons. The summed E-state index contributed by atoms with van der Waals surface area (Å²) in [6, 6.07) is 7.90. The molecular formula is C15H20N2O2S2. The lowest BCUT2D eigenvalue weighted by Crippen LogP contribution is -2.38. The average molecular weight is 324 g/mol. The van der Waals surface area contributed by atoms with Crippen molar-refractivity contribution in [2.45, 2.75) is 30.6 Å². The number of thiazole rings is 1. The number of benzene rings is 1. The number of hydrogen-bond acceptors (Lipinski definition) is 6. The zero-order valence-electron chi connectivity index (χ0n) is 12.3. The average Bonchev–Trinajstić information content (AvgIpc) is 2.89. The Morgan fingerprint density at radius 1 is 1.43 bits per heavy atom. The molecule has 0 bridgehead atoms. The predicted octanol–water partition coefficient (Wildman–Crippen LogP) is 3.32. The van der Waals surface area contributed by atoms with E-state index in [1.54, 1.807) is 23.1 Å². The second kappa shape index (κ2) is 8.36. The maximum absolute atomic E-state index is 11.8. The summed E-state index contributed by atoms with van der Waals surface area (Å²) in [5.74, 6) is 0.681. The summed E-state index contributed by atoms with van der Waals surface area (Å²) in [5, 5.41) is 3.18. The van der Waals surface area contributed by atoms with Crippen molar-refractivity contribution in [2.75, 3.05) is 18.9 Å². The van der Waals surface area contributed by atoms with Crippen molar-refractivity contribution >= 4 is 39.3 Å². The van der Waals surface area contributed by atoms with Gasteiger partial charge in [0, 0.05) is 5.75 Å². The highest BCUT2D eigenvalue weighted by Crippen LogP contribution is 2.29. The first kappa shape index (κ1) is 16.3. The summed E-state index contributed by atoms with van der Waals surface area (Å²) in [4.78, 5) is 16.4. The van der Waals surface area contributed by atoms with Crippen LogP contribution in [-0.4, -0.2) is 35.9 Å². The number of ether oxygens (including phenoxy) is 1. The minimum atomic E-state index is -0.225.